The van der Waals surface area contributed by atoms with E-state index < -0.39 is 0 Å². The number of fused-ring (bicyclic) bond motifs is 1. The van der Waals surface area contributed by atoms with Crippen LogP contribution < -0.4 is 0 Å². The lowest BCUT2D eigenvalue weighted by molar-refractivity contribution is 0.274. The van der Waals surface area contributed by atoms with Gasteiger partial charge in [-0.2, -0.15) is 5.10 Å². The Hall–Kier alpha value is -2.87. The lowest BCUT2D eigenvalue weighted by atomic mass is 9.79. The molecule has 4 unspecified atom stereocenters. The van der Waals surface area contributed by atoms with Gasteiger partial charge in [-0.25, -0.2) is 0 Å². The fourth-order valence-electron chi connectivity index (χ4n) is 4.77. The summed E-state index contributed by atoms with van der Waals surface area (Å²) in [4.78, 5) is 0. The molecule has 4 rings (SSSR count). The number of rotatable bonds is 6. The molecule has 0 aromatic heterocycles. The third-order valence-electron chi connectivity index (χ3n) is 6.73. The molecule has 0 N–H and O–H groups in total. The highest BCUT2D eigenvalue weighted by molar-refractivity contribution is 5.79. The molecule has 3 aliphatic rings. The molecule has 2 nitrogen and oxygen atoms in total. The van der Waals surface area contributed by atoms with Gasteiger partial charge in [0.2, 0.25) is 0 Å². The molecule has 0 saturated carbocycles. The fourth-order valence-corrected chi connectivity index (χ4v) is 4.77. The average Bonchev–Trinajstić information content (AvgIpc) is 2.80. The second kappa shape index (κ2) is 9.51. The van der Waals surface area contributed by atoms with Crippen molar-refractivity contribution >= 4 is 6.21 Å². The first-order chi connectivity index (χ1) is 15.1. The molecule has 3 aliphatic carbocycles. The van der Waals surface area contributed by atoms with E-state index in [0.29, 0.717) is 17.8 Å². The quantitative estimate of drug-likeness (QED) is 0.360. The molecule has 0 spiro atoms. The summed E-state index contributed by atoms with van der Waals surface area (Å²) in [5.74, 6) is 1.43. The zero-order valence-electron chi connectivity index (χ0n) is 19.2. The number of allylic oxidation sites excluding steroid dienone is 8. The Morgan fingerprint density at radius 2 is 1.77 bits per heavy atom. The first-order valence-electron chi connectivity index (χ1n) is 11.7. The minimum absolute atomic E-state index is 0.162. The molecule has 0 radical (unpaired) electrons. The maximum absolute atomic E-state index is 5.06. The molecule has 1 aromatic rings. The molecule has 0 aliphatic heterocycles. The van der Waals surface area contributed by atoms with Crippen LogP contribution in [-0.4, -0.2) is 17.3 Å². The van der Waals surface area contributed by atoms with E-state index in [1.54, 1.807) is 0 Å². The van der Waals surface area contributed by atoms with E-state index in [4.69, 9.17) is 5.10 Å². The Morgan fingerprint density at radius 1 is 0.968 bits per heavy atom. The predicted octanol–water partition coefficient (Wildman–Crippen LogP) is 7.13. The molecule has 0 heterocycles. The lowest BCUT2D eigenvalue weighted by Gasteiger charge is -2.38. The van der Waals surface area contributed by atoms with Gasteiger partial charge in [-0.05, 0) is 54.4 Å². The first-order valence-corrected chi connectivity index (χ1v) is 11.7. The predicted molar refractivity (Wildman–Crippen MR) is 133 cm³/mol. The second-order valence-corrected chi connectivity index (χ2v) is 8.84. The van der Waals surface area contributed by atoms with Crippen LogP contribution in [0.4, 0.5) is 0 Å². The highest BCUT2D eigenvalue weighted by Gasteiger charge is 2.32. The fraction of sp³-hybridized carbons (Fsp3) is 0.345. The minimum Gasteiger partial charge on any atom is -0.258 e. The van der Waals surface area contributed by atoms with Crippen LogP contribution in [0.1, 0.15) is 44.7 Å². The largest absolute Gasteiger partial charge is 0.258 e. The number of benzene rings is 1. The maximum atomic E-state index is 5.06. The minimum atomic E-state index is 0.162. The molecule has 0 saturated heterocycles. The second-order valence-electron chi connectivity index (χ2n) is 8.84. The Kier molecular flexibility index (Phi) is 6.56. The molecular weight excluding hydrogens is 376 g/mol. The van der Waals surface area contributed by atoms with Gasteiger partial charge in [-0.3, -0.25) is 5.01 Å². The van der Waals surface area contributed by atoms with Crippen LogP contribution in [0.15, 0.2) is 101 Å². The molecule has 0 amide bonds. The molecule has 0 fully saturated rings. The van der Waals surface area contributed by atoms with Crippen LogP contribution in [0, 0.1) is 24.7 Å². The number of hydrazone groups is 1. The Labute approximate surface area is 187 Å². The van der Waals surface area contributed by atoms with Crippen molar-refractivity contribution < 1.29 is 0 Å². The zero-order valence-corrected chi connectivity index (χ0v) is 19.2. The normalized spacial score (nSPS) is 27.0. The maximum Gasteiger partial charge on any atom is 0.0812 e. The van der Waals surface area contributed by atoms with Gasteiger partial charge in [-0.15, -0.1) is 0 Å². The van der Waals surface area contributed by atoms with E-state index in [1.165, 1.54) is 28.8 Å². The van der Waals surface area contributed by atoms with Crippen LogP contribution >= 0.6 is 0 Å². The Morgan fingerprint density at radius 3 is 2.48 bits per heavy atom. The number of aryl methyl sites for hydroxylation is 1. The van der Waals surface area contributed by atoms with Gasteiger partial charge >= 0.3 is 0 Å². The van der Waals surface area contributed by atoms with Crippen LogP contribution in [0.5, 0.6) is 0 Å². The zero-order chi connectivity index (χ0) is 21.8. The molecule has 0 bridgehead atoms. The summed E-state index contributed by atoms with van der Waals surface area (Å²) in [5, 5.41) is 7.29. The summed E-state index contributed by atoms with van der Waals surface area (Å²) >= 11 is 0. The smallest absolute Gasteiger partial charge is 0.0812 e. The van der Waals surface area contributed by atoms with Crippen molar-refractivity contribution in [3.05, 3.63) is 107 Å². The van der Waals surface area contributed by atoms with Crippen molar-refractivity contribution in [3.63, 3.8) is 0 Å². The van der Waals surface area contributed by atoms with E-state index in [1.807, 2.05) is 6.21 Å². The van der Waals surface area contributed by atoms with Crippen molar-refractivity contribution in [1.29, 1.82) is 0 Å². The van der Waals surface area contributed by atoms with Gasteiger partial charge in [-0.1, -0.05) is 99.2 Å². The van der Waals surface area contributed by atoms with Crippen LogP contribution in [0.3, 0.4) is 0 Å². The first kappa shape index (κ1) is 21.4. The van der Waals surface area contributed by atoms with Gasteiger partial charge in [0.05, 0.1) is 18.0 Å². The average molecular weight is 411 g/mol. The topological polar surface area (TPSA) is 15.6 Å². The Bertz CT molecular complexity index is 998. The number of hydrogen-bond acceptors (Lipinski definition) is 2. The lowest BCUT2D eigenvalue weighted by Crippen LogP contribution is -2.38. The van der Waals surface area contributed by atoms with Crippen LogP contribution in [0.25, 0.3) is 0 Å². The third kappa shape index (κ3) is 4.58. The summed E-state index contributed by atoms with van der Waals surface area (Å²) in [5.41, 5.74) is 6.43. The molecule has 1 aromatic carbocycles. The molecule has 31 heavy (non-hydrogen) atoms. The van der Waals surface area contributed by atoms with E-state index in [9.17, 15) is 0 Å². The molecule has 160 valence electrons. The molecule has 4 atom stereocenters. The van der Waals surface area contributed by atoms with Crippen molar-refractivity contribution in [3.8, 4) is 0 Å². The van der Waals surface area contributed by atoms with Gasteiger partial charge in [0, 0.05) is 5.92 Å². The highest BCUT2D eigenvalue weighted by Crippen LogP contribution is 2.37. The SMILES string of the molecule is CCC1=C2C=CC=CC2C(N(N=Cc2ccc(C)cc2)C2=CC(C)C(CC)C=C2)C=C1. The van der Waals surface area contributed by atoms with Crippen LogP contribution in [-0.2, 0) is 0 Å². The number of nitrogens with zero attached hydrogens (tertiary/aromatic N) is 2. The standard InChI is InChI=1S/C29H34N2/c1-5-24-15-17-26(19-22(24)4)31(30-20-23-13-11-21(3)12-14-23)29-18-16-25(6-2)27-9-7-8-10-28(27)29/h7-20,22,24,28-29H,5-6H2,1-4H3. The van der Waals surface area contributed by atoms with Crippen LogP contribution in [0.2, 0.25) is 0 Å². The van der Waals surface area contributed by atoms with Crippen molar-refractivity contribution in [2.75, 3.05) is 0 Å². The van der Waals surface area contributed by atoms with Gasteiger partial charge in [0.25, 0.3) is 0 Å². The third-order valence-corrected chi connectivity index (χ3v) is 6.73. The van der Waals surface area contributed by atoms with Gasteiger partial charge in [0.1, 0.15) is 0 Å². The summed E-state index contributed by atoms with van der Waals surface area (Å²) in [6, 6.07) is 8.72. The van der Waals surface area contributed by atoms with E-state index in [0.717, 1.165) is 12.0 Å². The van der Waals surface area contributed by atoms with E-state index in [2.05, 4.69) is 112 Å². The number of hydrogen-bond donors (Lipinski definition) is 0. The highest BCUT2D eigenvalue weighted by atomic mass is 15.5. The van der Waals surface area contributed by atoms with Gasteiger partial charge < -0.3 is 0 Å². The molecular formula is C29H34N2. The van der Waals surface area contributed by atoms with E-state index in [-0.39, 0.29) is 6.04 Å². The van der Waals surface area contributed by atoms with Crippen molar-refractivity contribution in [2.45, 2.75) is 46.6 Å². The Balaban J connectivity index is 1.71. The van der Waals surface area contributed by atoms with Crippen molar-refractivity contribution in [2.24, 2.45) is 22.9 Å². The summed E-state index contributed by atoms with van der Waals surface area (Å²) in [6.07, 6.45) is 24.9. The summed E-state index contributed by atoms with van der Waals surface area (Å²) < 4.78 is 0. The van der Waals surface area contributed by atoms with Crippen molar-refractivity contribution in [1.82, 2.24) is 5.01 Å². The summed E-state index contributed by atoms with van der Waals surface area (Å²) in [6.45, 7) is 8.94. The molecule has 2 heteroatoms. The monoisotopic (exact) mass is 410 g/mol. The van der Waals surface area contributed by atoms with E-state index >= 15 is 0 Å². The summed E-state index contributed by atoms with van der Waals surface area (Å²) in [7, 11) is 0. The van der Waals surface area contributed by atoms with Gasteiger partial charge in [0.15, 0.2) is 0 Å².